The van der Waals surface area contributed by atoms with Gasteiger partial charge in [0.15, 0.2) is 0 Å². The van der Waals surface area contributed by atoms with Crippen molar-refractivity contribution in [3.8, 4) is 0 Å². The average molecular weight is 534 g/mol. The Morgan fingerprint density at radius 1 is 1.24 bits per heavy atom. The summed E-state index contributed by atoms with van der Waals surface area (Å²) in [7, 11) is 0. The second kappa shape index (κ2) is 11.5. The molecule has 0 aromatic rings. The molecule has 0 aromatic heterocycles. The minimum atomic E-state index is -1.17. The topological polar surface area (TPSA) is 109 Å². The van der Waals surface area contributed by atoms with E-state index in [9.17, 15) is 19.5 Å². The molecule has 4 aliphatic rings. The van der Waals surface area contributed by atoms with Crippen LogP contribution < -0.4 is 0 Å². The van der Waals surface area contributed by atoms with Crippen molar-refractivity contribution in [3.05, 3.63) is 25.3 Å². The Bertz CT molecular complexity index is 935. The van der Waals surface area contributed by atoms with Crippen LogP contribution in [0.5, 0.6) is 0 Å². The maximum Gasteiger partial charge on any atom is 0.313 e. The average Bonchev–Trinajstić information content (AvgIpc) is 3.46. The van der Waals surface area contributed by atoms with Gasteiger partial charge < -0.3 is 29.1 Å². The maximum atomic E-state index is 14.4. The Kier molecular flexibility index (Phi) is 8.66. The lowest BCUT2D eigenvalue weighted by molar-refractivity contribution is -0.161. The number of ether oxygens (including phenoxy) is 3. The van der Waals surface area contributed by atoms with Gasteiger partial charge in [-0.15, -0.1) is 6.58 Å². The van der Waals surface area contributed by atoms with E-state index >= 15 is 0 Å². The number of aliphatic hydroxyl groups is 1. The molecule has 4 fully saturated rings. The molecule has 0 aromatic carbocycles. The summed E-state index contributed by atoms with van der Waals surface area (Å²) in [6.07, 6.45) is 4.17. The number of hydrogen-bond acceptors (Lipinski definition) is 8. The zero-order valence-corrected chi connectivity index (χ0v) is 23.0. The normalized spacial score (nSPS) is 33.3. The van der Waals surface area contributed by atoms with E-state index in [1.165, 1.54) is 11.0 Å². The van der Waals surface area contributed by atoms with Crippen LogP contribution in [-0.2, 0) is 28.6 Å². The number of likely N-dealkylation sites (tertiary alicyclic amines) is 1. The van der Waals surface area contributed by atoms with E-state index in [1.807, 2.05) is 20.8 Å². The van der Waals surface area contributed by atoms with Gasteiger partial charge in [0.1, 0.15) is 24.2 Å². The van der Waals surface area contributed by atoms with E-state index in [0.29, 0.717) is 45.7 Å². The highest BCUT2D eigenvalue weighted by molar-refractivity contribution is 5.98. The fraction of sp³-hybridized carbons (Fsp3) is 0.750. The second-order valence-corrected chi connectivity index (χ2v) is 11.4. The molecule has 0 aliphatic carbocycles. The van der Waals surface area contributed by atoms with E-state index in [0.717, 1.165) is 13.1 Å². The first-order valence-corrected chi connectivity index (χ1v) is 13.8. The van der Waals surface area contributed by atoms with Gasteiger partial charge in [-0.2, -0.15) is 0 Å². The van der Waals surface area contributed by atoms with E-state index in [-0.39, 0.29) is 30.9 Å². The molecular weight excluding hydrogens is 490 g/mol. The quantitative estimate of drug-likeness (QED) is 0.291. The van der Waals surface area contributed by atoms with Gasteiger partial charge in [0, 0.05) is 32.7 Å². The third kappa shape index (κ3) is 4.80. The molecule has 0 saturated carbocycles. The number of carbonyl (C=O) groups excluding carboxylic acids is 3. The molecule has 4 heterocycles. The van der Waals surface area contributed by atoms with Crippen LogP contribution in [0.4, 0.5) is 0 Å². The molecule has 4 rings (SSSR count). The number of hydrogen-bond donors (Lipinski definition) is 1. The van der Waals surface area contributed by atoms with Gasteiger partial charge in [0.2, 0.25) is 11.8 Å². The standard InChI is InChI=1S/C28H43N3O7/c1-6-10-30(12-11-29-13-16-36-17-14-29)25(34)23-28-9-8-27(5,38-28)22(26(35)37-15-7-2)21(28)24(33)31(23)20(18-32)19(3)4/h6-7,19-23,32H,1-2,8-18H2,3-5H3/t20-,21-,22-,23?,27+,28?/m0/s1. The number of esters is 1. The summed E-state index contributed by atoms with van der Waals surface area (Å²) in [4.78, 5) is 47.4. The van der Waals surface area contributed by atoms with E-state index in [2.05, 4.69) is 18.1 Å². The Balaban J connectivity index is 1.71. The minimum absolute atomic E-state index is 0.0330. The summed E-state index contributed by atoms with van der Waals surface area (Å²) in [6, 6.07) is -1.55. The van der Waals surface area contributed by atoms with Gasteiger partial charge in [-0.25, -0.2) is 0 Å². The van der Waals surface area contributed by atoms with Crippen LogP contribution in [-0.4, -0.2) is 120 Å². The number of amides is 2. The number of fused-ring (bicyclic) bond motifs is 1. The fourth-order valence-corrected chi connectivity index (χ4v) is 6.92. The molecule has 2 unspecified atom stereocenters. The third-order valence-electron chi connectivity index (χ3n) is 8.81. The number of aliphatic hydroxyl groups excluding tert-OH is 1. The first-order chi connectivity index (χ1) is 18.1. The van der Waals surface area contributed by atoms with Crippen molar-refractivity contribution in [2.24, 2.45) is 17.8 Å². The molecule has 1 N–H and O–H groups in total. The van der Waals surface area contributed by atoms with Crippen molar-refractivity contribution in [1.29, 1.82) is 0 Å². The number of rotatable bonds is 12. The maximum absolute atomic E-state index is 14.4. The van der Waals surface area contributed by atoms with Gasteiger partial charge in [0.05, 0.1) is 37.4 Å². The van der Waals surface area contributed by atoms with Crippen molar-refractivity contribution in [1.82, 2.24) is 14.7 Å². The Hall–Kier alpha value is -2.27. The van der Waals surface area contributed by atoms with Crippen LogP contribution in [0.25, 0.3) is 0 Å². The minimum Gasteiger partial charge on any atom is -0.461 e. The van der Waals surface area contributed by atoms with Gasteiger partial charge in [-0.1, -0.05) is 32.6 Å². The van der Waals surface area contributed by atoms with Crippen molar-refractivity contribution >= 4 is 17.8 Å². The lowest BCUT2D eigenvalue weighted by Gasteiger charge is -2.41. The Morgan fingerprint density at radius 2 is 1.95 bits per heavy atom. The van der Waals surface area contributed by atoms with Crippen molar-refractivity contribution in [2.45, 2.75) is 56.9 Å². The van der Waals surface area contributed by atoms with Crippen LogP contribution >= 0.6 is 0 Å². The van der Waals surface area contributed by atoms with Crippen LogP contribution in [0.1, 0.15) is 33.6 Å². The lowest BCUT2D eigenvalue weighted by Crippen LogP contribution is -2.60. The van der Waals surface area contributed by atoms with Gasteiger partial charge in [-0.05, 0) is 25.7 Å². The Morgan fingerprint density at radius 3 is 2.55 bits per heavy atom. The smallest absolute Gasteiger partial charge is 0.313 e. The molecular formula is C28H43N3O7. The summed E-state index contributed by atoms with van der Waals surface area (Å²) in [5, 5.41) is 10.4. The van der Waals surface area contributed by atoms with E-state index in [4.69, 9.17) is 14.2 Å². The van der Waals surface area contributed by atoms with Crippen molar-refractivity contribution < 1.29 is 33.7 Å². The fourth-order valence-electron chi connectivity index (χ4n) is 6.92. The predicted octanol–water partition coefficient (Wildman–Crippen LogP) is 0.844. The molecule has 10 heteroatoms. The molecule has 4 saturated heterocycles. The monoisotopic (exact) mass is 533 g/mol. The highest BCUT2D eigenvalue weighted by Gasteiger charge is 2.79. The highest BCUT2D eigenvalue weighted by Crippen LogP contribution is 2.63. The first-order valence-electron chi connectivity index (χ1n) is 13.8. The largest absolute Gasteiger partial charge is 0.461 e. The summed E-state index contributed by atoms with van der Waals surface area (Å²) in [6.45, 7) is 17.2. The summed E-state index contributed by atoms with van der Waals surface area (Å²) in [5.41, 5.74) is -2.08. The summed E-state index contributed by atoms with van der Waals surface area (Å²) >= 11 is 0. The number of nitrogens with zero attached hydrogens (tertiary/aromatic N) is 3. The second-order valence-electron chi connectivity index (χ2n) is 11.4. The molecule has 0 radical (unpaired) electrons. The number of morpholine rings is 1. The molecule has 6 atom stereocenters. The van der Waals surface area contributed by atoms with E-state index < -0.39 is 41.1 Å². The molecule has 10 nitrogen and oxygen atoms in total. The predicted molar refractivity (Wildman–Crippen MR) is 140 cm³/mol. The van der Waals surface area contributed by atoms with Gasteiger partial charge >= 0.3 is 5.97 Å². The third-order valence-corrected chi connectivity index (χ3v) is 8.81. The molecule has 2 bridgehead atoms. The van der Waals surface area contributed by atoms with Crippen molar-refractivity contribution in [3.63, 3.8) is 0 Å². The zero-order valence-electron chi connectivity index (χ0n) is 23.0. The molecule has 38 heavy (non-hydrogen) atoms. The molecule has 212 valence electrons. The van der Waals surface area contributed by atoms with Gasteiger partial charge in [-0.3, -0.25) is 19.3 Å². The summed E-state index contributed by atoms with van der Waals surface area (Å²) in [5.74, 6) is -2.89. The molecule has 2 amide bonds. The van der Waals surface area contributed by atoms with Crippen LogP contribution in [0.2, 0.25) is 0 Å². The van der Waals surface area contributed by atoms with E-state index in [1.54, 1.807) is 11.0 Å². The zero-order chi connectivity index (χ0) is 27.7. The summed E-state index contributed by atoms with van der Waals surface area (Å²) < 4.78 is 17.5. The Labute approximate surface area is 225 Å². The molecule has 1 spiro atoms. The number of carbonyl (C=O) groups is 3. The van der Waals surface area contributed by atoms with Crippen LogP contribution in [0.15, 0.2) is 25.3 Å². The van der Waals surface area contributed by atoms with Gasteiger partial charge in [0.25, 0.3) is 0 Å². The van der Waals surface area contributed by atoms with Crippen molar-refractivity contribution in [2.75, 3.05) is 59.2 Å². The lowest BCUT2D eigenvalue weighted by atomic mass is 9.66. The van der Waals surface area contributed by atoms with Crippen LogP contribution in [0, 0.1) is 17.8 Å². The first kappa shape index (κ1) is 28.7. The highest BCUT2D eigenvalue weighted by atomic mass is 16.6. The SMILES string of the molecule is C=CCOC(=O)[C@@H]1[C@H]2C(=O)N([C@@H](CO)C(C)C)C(C(=O)N(CC=C)CCN3CCOCC3)C23CC[C@@]1(C)O3. The van der Waals surface area contributed by atoms with Crippen LogP contribution in [0.3, 0.4) is 0 Å². The molecule has 4 aliphatic heterocycles.